The summed E-state index contributed by atoms with van der Waals surface area (Å²) in [5.74, 6) is 0.626. The van der Waals surface area contributed by atoms with Crippen LogP contribution in [-0.2, 0) is 22.6 Å². The Bertz CT molecular complexity index is 1100. The average molecular weight is 528 g/mol. The summed E-state index contributed by atoms with van der Waals surface area (Å²) in [4.78, 5) is 33.5. The van der Waals surface area contributed by atoms with Gasteiger partial charge in [-0.1, -0.05) is 31.4 Å². The van der Waals surface area contributed by atoms with Gasteiger partial charge in [-0.15, -0.1) is 22.7 Å². The van der Waals surface area contributed by atoms with E-state index in [1.54, 1.807) is 22.3 Å². The third kappa shape index (κ3) is 6.26. The number of ether oxygens (including phenoxy) is 1. The SMILES string of the molecule is O=C(NC1CCCCC1)[C@@H](c1cccs1)N(Cc1cccs1)C(=O)c1ccc(CN2CCOCC2)o1. The maximum atomic E-state index is 13.9. The molecule has 0 spiro atoms. The fourth-order valence-corrected chi connectivity index (χ4v) is 6.49. The summed E-state index contributed by atoms with van der Waals surface area (Å²) in [6, 6.07) is 10.9. The molecule has 3 aromatic heterocycles. The first-order valence-corrected chi connectivity index (χ1v) is 14.5. The predicted molar refractivity (Wildman–Crippen MR) is 141 cm³/mol. The van der Waals surface area contributed by atoms with Crippen molar-refractivity contribution in [3.8, 4) is 0 Å². The molecule has 0 aromatic carbocycles. The second-order valence-corrected chi connectivity index (χ2v) is 11.4. The van der Waals surface area contributed by atoms with E-state index in [0.29, 0.717) is 26.3 Å². The Labute approximate surface area is 220 Å². The first-order valence-electron chi connectivity index (χ1n) is 12.7. The Morgan fingerprint density at radius 1 is 1.03 bits per heavy atom. The van der Waals surface area contributed by atoms with Gasteiger partial charge in [0, 0.05) is 28.9 Å². The van der Waals surface area contributed by atoms with Crippen LogP contribution in [0.3, 0.4) is 0 Å². The van der Waals surface area contributed by atoms with Crippen LogP contribution < -0.4 is 5.32 Å². The molecule has 9 heteroatoms. The molecule has 7 nitrogen and oxygen atoms in total. The number of morpholine rings is 1. The first-order chi connectivity index (χ1) is 17.7. The molecular weight excluding hydrogens is 494 g/mol. The molecule has 2 fully saturated rings. The van der Waals surface area contributed by atoms with Crippen LogP contribution in [-0.4, -0.2) is 54.0 Å². The molecular formula is C27H33N3O4S2. The lowest BCUT2D eigenvalue weighted by Gasteiger charge is -2.32. The standard InChI is InChI=1S/C27H33N3O4S2/c31-26(28-20-6-2-1-3-7-20)25(24-9-5-17-36-24)30(19-22-8-4-16-35-22)27(32)23-11-10-21(34-23)18-29-12-14-33-15-13-29/h4-5,8-11,16-17,20,25H,1-3,6-7,12-15,18-19H2,(H,28,31)/t25-/m1/s1. The maximum Gasteiger partial charge on any atom is 0.290 e. The van der Waals surface area contributed by atoms with Gasteiger partial charge in [0.25, 0.3) is 5.91 Å². The smallest absolute Gasteiger partial charge is 0.290 e. The van der Waals surface area contributed by atoms with Crippen molar-refractivity contribution < 1.29 is 18.7 Å². The monoisotopic (exact) mass is 527 g/mol. The summed E-state index contributed by atoms with van der Waals surface area (Å²) >= 11 is 3.09. The number of hydrogen-bond acceptors (Lipinski definition) is 7. The Morgan fingerprint density at radius 2 is 1.81 bits per heavy atom. The number of nitrogens with zero attached hydrogens (tertiary/aromatic N) is 2. The molecule has 2 aliphatic rings. The molecule has 1 aliphatic carbocycles. The van der Waals surface area contributed by atoms with E-state index in [-0.39, 0.29) is 23.6 Å². The van der Waals surface area contributed by atoms with Gasteiger partial charge < -0.3 is 19.4 Å². The summed E-state index contributed by atoms with van der Waals surface area (Å²) in [6.07, 6.45) is 5.46. The molecule has 1 aliphatic heterocycles. The zero-order chi connectivity index (χ0) is 24.7. The summed E-state index contributed by atoms with van der Waals surface area (Å²) in [5.41, 5.74) is 0. The van der Waals surface area contributed by atoms with Crippen LogP contribution in [0.25, 0.3) is 0 Å². The van der Waals surface area contributed by atoms with E-state index in [2.05, 4.69) is 10.2 Å². The fourth-order valence-electron chi connectivity index (χ4n) is 4.95. The minimum atomic E-state index is -0.714. The van der Waals surface area contributed by atoms with Crippen molar-refractivity contribution in [3.05, 3.63) is 68.4 Å². The zero-order valence-corrected chi connectivity index (χ0v) is 22.0. The van der Waals surface area contributed by atoms with Gasteiger partial charge in [0.1, 0.15) is 11.8 Å². The molecule has 5 rings (SSSR count). The zero-order valence-electron chi connectivity index (χ0n) is 20.4. The summed E-state index contributed by atoms with van der Waals surface area (Å²) in [5, 5.41) is 7.21. The van der Waals surface area contributed by atoms with Gasteiger partial charge >= 0.3 is 0 Å². The average Bonchev–Trinajstić information content (AvgIpc) is 3.68. The Balaban J connectivity index is 1.40. The van der Waals surface area contributed by atoms with Crippen molar-refractivity contribution in [3.63, 3.8) is 0 Å². The molecule has 4 heterocycles. The number of hydrogen-bond donors (Lipinski definition) is 1. The number of furan rings is 1. The fraction of sp³-hybridized carbons (Fsp3) is 0.481. The largest absolute Gasteiger partial charge is 0.455 e. The van der Waals surface area contributed by atoms with Gasteiger partial charge in [0.05, 0.1) is 26.3 Å². The normalized spacial score (nSPS) is 18.1. The van der Waals surface area contributed by atoms with Crippen LogP contribution in [0.5, 0.6) is 0 Å². The van der Waals surface area contributed by atoms with Crippen LogP contribution in [0.1, 0.15) is 64.2 Å². The van der Waals surface area contributed by atoms with E-state index in [0.717, 1.165) is 54.3 Å². The minimum absolute atomic E-state index is 0.116. The summed E-state index contributed by atoms with van der Waals surface area (Å²) < 4.78 is 11.5. The van der Waals surface area contributed by atoms with Crippen LogP contribution >= 0.6 is 22.7 Å². The molecule has 192 valence electrons. The lowest BCUT2D eigenvalue weighted by molar-refractivity contribution is -0.127. The molecule has 0 unspecified atom stereocenters. The van der Waals surface area contributed by atoms with Gasteiger partial charge in [0.15, 0.2) is 5.76 Å². The molecule has 36 heavy (non-hydrogen) atoms. The third-order valence-electron chi connectivity index (χ3n) is 6.85. The Kier molecular flexibility index (Phi) is 8.53. The molecule has 0 bridgehead atoms. The Hall–Kier alpha value is -2.46. The molecule has 3 aromatic rings. The number of carbonyl (C=O) groups excluding carboxylic acids is 2. The van der Waals surface area contributed by atoms with Crippen LogP contribution in [0.4, 0.5) is 0 Å². The highest BCUT2D eigenvalue weighted by atomic mass is 32.1. The van der Waals surface area contributed by atoms with Crippen molar-refractivity contribution in [2.45, 2.75) is 57.3 Å². The number of thiophene rings is 2. The van der Waals surface area contributed by atoms with Gasteiger partial charge in [-0.2, -0.15) is 0 Å². The number of rotatable bonds is 9. The first kappa shape index (κ1) is 25.2. The highest BCUT2D eigenvalue weighted by Crippen LogP contribution is 2.31. The molecule has 1 saturated heterocycles. The van der Waals surface area contributed by atoms with Gasteiger partial charge in [-0.25, -0.2) is 0 Å². The van der Waals surface area contributed by atoms with E-state index in [1.807, 2.05) is 41.1 Å². The summed E-state index contributed by atoms with van der Waals surface area (Å²) in [7, 11) is 0. The van der Waals surface area contributed by atoms with E-state index >= 15 is 0 Å². The highest BCUT2D eigenvalue weighted by Gasteiger charge is 2.35. The van der Waals surface area contributed by atoms with Crippen LogP contribution in [0, 0.1) is 0 Å². The second kappa shape index (κ2) is 12.2. The highest BCUT2D eigenvalue weighted by molar-refractivity contribution is 7.10. The molecule has 0 radical (unpaired) electrons. The lowest BCUT2D eigenvalue weighted by Crippen LogP contribution is -2.46. The molecule has 2 amide bonds. The number of carbonyl (C=O) groups is 2. The summed E-state index contributed by atoms with van der Waals surface area (Å²) in [6.45, 7) is 4.08. The maximum absolute atomic E-state index is 13.9. The van der Waals surface area contributed by atoms with Crippen molar-refractivity contribution in [1.29, 1.82) is 0 Å². The van der Waals surface area contributed by atoms with Gasteiger partial charge in [0.2, 0.25) is 5.91 Å². The predicted octanol–water partition coefficient (Wildman–Crippen LogP) is 5.07. The van der Waals surface area contributed by atoms with Gasteiger partial charge in [-0.3, -0.25) is 14.5 Å². The van der Waals surface area contributed by atoms with E-state index < -0.39 is 6.04 Å². The second-order valence-electron chi connectivity index (χ2n) is 9.43. The molecule has 1 N–H and O–H groups in total. The van der Waals surface area contributed by atoms with E-state index in [1.165, 1.54) is 17.8 Å². The van der Waals surface area contributed by atoms with Crippen molar-refractivity contribution >= 4 is 34.5 Å². The Morgan fingerprint density at radius 3 is 2.53 bits per heavy atom. The lowest BCUT2D eigenvalue weighted by atomic mass is 9.95. The number of nitrogens with one attached hydrogen (secondary N) is 1. The molecule has 1 atom stereocenters. The van der Waals surface area contributed by atoms with Crippen molar-refractivity contribution in [2.75, 3.05) is 26.3 Å². The van der Waals surface area contributed by atoms with Gasteiger partial charge in [-0.05, 0) is 47.9 Å². The van der Waals surface area contributed by atoms with E-state index in [9.17, 15) is 9.59 Å². The third-order valence-corrected chi connectivity index (χ3v) is 8.63. The number of amides is 2. The van der Waals surface area contributed by atoms with E-state index in [4.69, 9.17) is 9.15 Å². The van der Waals surface area contributed by atoms with Crippen LogP contribution in [0.2, 0.25) is 0 Å². The van der Waals surface area contributed by atoms with Crippen molar-refractivity contribution in [2.24, 2.45) is 0 Å². The van der Waals surface area contributed by atoms with Crippen molar-refractivity contribution in [1.82, 2.24) is 15.1 Å². The van der Waals surface area contributed by atoms with Crippen LogP contribution in [0.15, 0.2) is 51.6 Å². The molecule has 1 saturated carbocycles. The quantitative estimate of drug-likeness (QED) is 0.421. The minimum Gasteiger partial charge on any atom is -0.455 e. The topological polar surface area (TPSA) is 75.0 Å².